The molecule has 3 heteroatoms. The predicted molar refractivity (Wildman–Crippen MR) is 74.2 cm³/mol. The second-order valence-corrected chi connectivity index (χ2v) is 4.80. The van der Waals surface area contributed by atoms with Crippen LogP contribution in [0.1, 0.15) is 16.7 Å². The Morgan fingerprint density at radius 2 is 1.78 bits per heavy atom. The minimum absolute atomic E-state index is 0.144. The lowest BCUT2D eigenvalue weighted by molar-refractivity contribution is 0.632. The van der Waals surface area contributed by atoms with E-state index in [4.69, 9.17) is 17.3 Å². The van der Waals surface area contributed by atoms with Crippen molar-refractivity contribution >= 4 is 11.6 Å². The molecule has 0 amide bonds. The highest BCUT2D eigenvalue weighted by atomic mass is 35.5. The summed E-state index contributed by atoms with van der Waals surface area (Å²) in [5, 5.41) is 0.144. The third kappa shape index (κ3) is 2.26. The molecule has 0 aliphatic carbocycles. The molecule has 1 nitrogen and oxygen atoms in total. The lowest BCUT2D eigenvalue weighted by Crippen LogP contribution is -2.02. The van der Waals surface area contributed by atoms with E-state index in [1.807, 2.05) is 26.0 Å². The molecule has 0 spiro atoms. The highest BCUT2D eigenvalue weighted by Crippen LogP contribution is 2.30. The standard InChI is InChI=1S/C15H15ClFN/c1-9-6-11(7-10(2)13(9)8-18)12-4-3-5-14(16)15(12)17/h3-7H,8,18H2,1-2H3. The number of hydrogen-bond acceptors (Lipinski definition) is 1. The molecular weight excluding hydrogens is 249 g/mol. The second-order valence-electron chi connectivity index (χ2n) is 4.39. The minimum Gasteiger partial charge on any atom is -0.326 e. The zero-order chi connectivity index (χ0) is 13.3. The van der Waals surface area contributed by atoms with Gasteiger partial charge in [0.15, 0.2) is 0 Å². The van der Waals surface area contributed by atoms with Gasteiger partial charge in [-0.3, -0.25) is 0 Å². The summed E-state index contributed by atoms with van der Waals surface area (Å²) in [6.45, 7) is 4.47. The molecule has 18 heavy (non-hydrogen) atoms. The van der Waals surface area contributed by atoms with Gasteiger partial charge in [0.25, 0.3) is 0 Å². The number of nitrogens with two attached hydrogens (primary N) is 1. The molecular formula is C15H15ClFN. The molecule has 0 aliphatic heterocycles. The minimum atomic E-state index is -0.376. The first-order valence-electron chi connectivity index (χ1n) is 5.79. The van der Waals surface area contributed by atoms with Gasteiger partial charge in [-0.1, -0.05) is 35.9 Å². The maximum absolute atomic E-state index is 14.0. The van der Waals surface area contributed by atoms with Crippen molar-refractivity contribution in [3.05, 3.63) is 57.9 Å². The molecule has 0 heterocycles. The van der Waals surface area contributed by atoms with Gasteiger partial charge < -0.3 is 5.73 Å². The lowest BCUT2D eigenvalue weighted by Gasteiger charge is -2.12. The molecule has 94 valence electrons. The van der Waals surface area contributed by atoms with E-state index in [9.17, 15) is 4.39 Å². The second kappa shape index (κ2) is 5.09. The maximum Gasteiger partial charge on any atom is 0.149 e. The van der Waals surface area contributed by atoms with Crippen LogP contribution in [-0.4, -0.2) is 0 Å². The normalized spacial score (nSPS) is 10.7. The fourth-order valence-electron chi connectivity index (χ4n) is 2.20. The van der Waals surface area contributed by atoms with Crippen molar-refractivity contribution in [2.45, 2.75) is 20.4 Å². The Labute approximate surface area is 111 Å². The van der Waals surface area contributed by atoms with Gasteiger partial charge in [-0.25, -0.2) is 4.39 Å². The largest absolute Gasteiger partial charge is 0.326 e. The molecule has 0 aromatic heterocycles. The summed E-state index contributed by atoms with van der Waals surface area (Å²) in [7, 11) is 0. The van der Waals surface area contributed by atoms with Crippen LogP contribution in [0, 0.1) is 19.7 Å². The molecule has 2 rings (SSSR count). The predicted octanol–water partition coefficient (Wildman–Crippen LogP) is 4.22. The summed E-state index contributed by atoms with van der Waals surface area (Å²) in [5.74, 6) is -0.376. The first kappa shape index (κ1) is 13.1. The van der Waals surface area contributed by atoms with Crippen LogP contribution in [-0.2, 0) is 6.54 Å². The van der Waals surface area contributed by atoms with Gasteiger partial charge in [-0.2, -0.15) is 0 Å². The van der Waals surface area contributed by atoms with Crippen LogP contribution >= 0.6 is 11.6 Å². The van der Waals surface area contributed by atoms with E-state index < -0.39 is 0 Å². The summed E-state index contributed by atoms with van der Waals surface area (Å²) >= 11 is 5.81. The molecule has 0 fully saturated rings. The Kier molecular flexibility index (Phi) is 3.69. The fourth-order valence-corrected chi connectivity index (χ4v) is 2.37. The topological polar surface area (TPSA) is 26.0 Å². The third-order valence-corrected chi connectivity index (χ3v) is 3.45. The first-order valence-corrected chi connectivity index (χ1v) is 6.17. The summed E-state index contributed by atoms with van der Waals surface area (Å²) in [6, 6.07) is 8.93. The van der Waals surface area contributed by atoms with Gasteiger partial charge in [0.05, 0.1) is 5.02 Å². The highest BCUT2D eigenvalue weighted by molar-refractivity contribution is 6.31. The fraction of sp³-hybridized carbons (Fsp3) is 0.200. The van der Waals surface area contributed by atoms with Crippen LogP contribution in [0.5, 0.6) is 0 Å². The van der Waals surface area contributed by atoms with Crippen molar-refractivity contribution in [1.29, 1.82) is 0 Å². The third-order valence-electron chi connectivity index (χ3n) is 3.16. The van der Waals surface area contributed by atoms with Gasteiger partial charge in [0, 0.05) is 12.1 Å². The van der Waals surface area contributed by atoms with Gasteiger partial charge in [0.1, 0.15) is 5.82 Å². The Morgan fingerprint density at radius 1 is 1.17 bits per heavy atom. The van der Waals surface area contributed by atoms with Crippen LogP contribution in [0.15, 0.2) is 30.3 Å². The number of rotatable bonds is 2. The highest BCUT2D eigenvalue weighted by Gasteiger charge is 2.11. The zero-order valence-corrected chi connectivity index (χ0v) is 11.2. The van der Waals surface area contributed by atoms with Crippen LogP contribution in [0.25, 0.3) is 11.1 Å². The Morgan fingerprint density at radius 3 is 2.33 bits per heavy atom. The van der Waals surface area contributed by atoms with Crippen molar-refractivity contribution in [2.24, 2.45) is 5.73 Å². The Balaban J connectivity index is 2.62. The number of benzene rings is 2. The van der Waals surface area contributed by atoms with Crippen LogP contribution in [0.3, 0.4) is 0 Å². The molecule has 0 unspecified atom stereocenters. The SMILES string of the molecule is Cc1cc(-c2cccc(Cl)c2F)cc(C)c1CN. The van der Waals surface area contributed by atoms with E-state index in [2.05, 4.69) is 0 Å². The molecule has 2 aromatic rings. The molecule has 0 saturated heterocycles. The van der Waals surface area contributed by atoms with E-state index in [1.54, 1.807) is 18.2 Å². The zero-order valence-electron chi connectivity index (χ0n) is 10.4. The van der Waals surface area contributed by atoms with Crippen molar-refractivity contribution in [2.75, 3.05) is 0 Å². The smallest absolute Gasteiger partial charge is 0.149 e. The number of halogens is 2. The van der Waals surface area contributed by atoms with Crippen LogP contribution < -0.4 is 5.73 Å². The van der Waals surface area contributed by atoms with Gasteiger partial charge in [0.2, 0.25) is 0 Å². The molecule has 0 radical (unpaired) electrons. The Hall–Kier alpha value is -1.38. The van der Waals surface area contributed by atoms with Gasteiger partial charge >= 0.3 is 0 Å². The van der Waals surface area contributed by atoms with Gasteiger partial charge in [-0.05, 0) is 42.2 Å². The van der Waals surface area contributed by atoms with Crippen LogP contribution in [0.2, 0.25) is 5.02 Å². The summed E-state index contributed by atoms with van der Waals surface area (Å²) in [5.41, 5.74) is 10.3. The molecule has 0 saturated carbocycles. The summed E-state index contributed by atoms with van der Waals surface area (Å²) in [6.07, 6.45) is 0. The number of aryl methyl sites for hydroxylation is 2. The van der Waals surface area contributed by atoms with E-state index in [0.717, 1.165) is 22.3 Å². The first-order chi connectivity index (χ1) is 8.54. The molecule has 0 bridgehead atoms. The summed E-state index contributed by atoms with van der Waals surface area (Å²) < 4.78 is 14.0. The molecule has 0 atom stereocenters. The van der Waals surface area contributed by atoms with E-state index in [1.165, 1.54) is 0 Å². The average molecular weight is 264 g/mol. The molecule has 0 aliphatic rings. The monoisotopic (exact) mass is 263 g/mol. The van der Waals surface area contributed by atoms with Crippen molar-refractivity contribution in [3.8, 4) is 11.1 Å². The van der Waals surface area contributed by atoms with E-state index >= 15 is 0 Å². The van der Waals surface area contributed by atoms with Crippen molar-refractivity contribution < 1.29 is 4.39 Å². The molecule has 2 N–H and O–H groups in total. The lowest BCUT2D eigenvalue weighted by atomic mass is 9.95. The number of hydrogen-bond donors (Lipinski definition) is 1. The van der Waals surface area contributed by atoms with Gasteiger partial charge in [-0.15, -0.1) is 0 Å². The Bertz CT molecular complexity index is 570. The van der Waals surface area contributed by atoms with Crippen molar-refractivity contribution in [3.63, 3.8) is 0 Å². The molecule has 2 aromatic carbocycles. The van der Waals surface area contributed by atoms with Crippen LogP contribution in [0.4, 0.5) is 4.39 Å². The quantitative estimate of drug-likeness (QED) is 0.862. The average Bonchev–Trinajstić information content (AvgIpc) is 2.32. The van der Waals surface area contributed by atoms with E-state index in [0.29, 0.717) is 12.1 Å². The summed E-state index contributed by atoms with van der Waals surface area (Å²) in [4.78, 5) is 0. The maximum atomic E-state index is 14.0. The van der Waals surface area contributed by atoms with E-state index in [-0.39, 0.29) is 10.8 Å². The van der Waals surface area contributed by atoms with Crippen molar-refractivity contribution in [1.82, 2.24) is 0 Å².